The van der Waals surface area contributed by atoms with E-state index in [1.807, 2.05) is 66.7 Å². The van der Waals surface area contributed by atoms with E-state index in [4.69, 9.17) is 15.0 Å². The summed E-state index contributed by atoms with van der Waals surface area (Å²) in [6, 6.07) is 78.4. The molecule has 0 aliphatic carbocycles. The van der Waals surface area contributed by atoms with Gasteiger partial charge in [0, 0.05) is 16.7 Å². The third-order valence-electron chi connectivity index (χ3n) is 11.8. The van der Waals surface area contributed by atoms with Crippen molar-refractivity contribution in [1.82, 2.24) is 15.0 Å². The van der Waals surface area contributed by atoms with Crippen LogP contribution in [0.3, 0.4) is 0 Å². The van der Waals surface area contributed by atoms with Crippen LogP contribution in [0.1, 0.15) is 5.56 Å². The molecular weight excluding hydrogens is 753 g/mol. The quantitative estimate of drug-likeness (QED) is 0.119. The Hall–Kier alpha value is -8.52. The van der Waals surface area contributed by atoms with Gasteiger partial charge in [-0.1, -0.05) is 200 Å². The summed E-state index contributed by atoms with van der Waals surface area (Å²) in [6.45, 7) is 0. The summed E-state index contributed by atoms with van der Waals surface area (Å²) < 4.78 is 0. The standard InChI is InChI=1S/C58H36N4/c59-37-38-22-24-41(25-23-38)47-17-11-18-48(36-47)58-61-56(45-15-5-2-6-16-45)60-57(62-58)46-32-28-40(29-33-46)39-26-30-44(31-27-39)53-50-20-9-10-21-51(50)54(43-13-3-1-4-14-43)55-49-19-8-7-12-42(49)34-35-52(53)55/h1-36H. The maximum atomic E-state index is 9.30. The number of benzene rings is 10. The Bertz CT molecular complexity index is 3480. The molecule has 11 rings (SSSR count). The van der Waals surface area contributed by atoms with Crippen LogP contribution in [0.25, 0.3) is 111 Å². The lowest BCUT2D eigenvalue weighted by Crippen LogP contribution is -2.00. The van der Waals surface area contributed by atoms with Gasteiger partial charge in [-0.3, -0.25) is 0 Å². The predicted octanol–water partition coefficient (Wildman–Crippen LogP) is 14.9. The predicted molar refractivity (Wildman–Crippen MR) is 255 cm³/mol. The van der Waals surface area contributed by atoms with Crippen LogP contribution in [0.2, 0.25) is 0 Å². The molecule has 62 heavy (non-hydrogen) atoms. The van der Waals surface area contributed by atoms with Gasteiger partial charge in [0.15, 0.2) is 17.5 Å². The molecule has 4 nitrogen and oxygen atoms in total. The fourth-order valence-corrected chi connectivity index (χ4v) is 8.73. The minimum Gasteiger partial charge on any atom is -0.208 e. The second kappa shape index (κ2) is 15.6. The molecule has 0 saturated carbocycles. The van der Waals surface area contributed by atoms with Gasteiger partial charge in [0.1, 0.15) is 0 Å². The maximum absolute atomic E-state index is 9.30. The normalized spacial score (nSPS) is 11.2. The molecule has 0 bridgehead atoms. The Balaban J connectivity index is 0.972. The number of aromatic nitrogens is 3. The molecule has 0 amide bonds. The lowest BCUT2D eigenvalue weighted by molar-refractivity contribution is 1.07. The van der Waals surface area contributed by atoms with Gasteiger partial charge in [0.25, 0.3) is 0 Å². The molecule has 4 heteroatoms. The first-order valence-corrected chi connectivity index (χ1v) is 20.7. The molecule has 0 N–H and O–H groups in total. The van der Waals surface area contributed by atoms with Gasteiger partial charge in [-0.15, -0.1) is 0 Å². The highest BCUT2D eigenvalue weighted by Gasteiger charge is 2.19. The third-order valence-corrected chi connectivity index (χ3v) is 11.8. The van der Waals surface area contributed by atoms with E-state index in [2.05, 4.69) is 158 Å². The Morgan fingerprint density at radius 3 is 1.37 bits per heavy atom. The summed E-state index contributed by atoms with van der Waals surface area (Å²) in [5.41, 5.74) is 12.5. The van der Waals surface area contributed by atoms with Crippen molar-refractivity contribution < 1.29 is 0 Å². The van der Waals surface area contributed by atoms with Crippen molar-refractivity contribution in [2.75, 3.05) is 0 Å². The van der Waals surface area contributed by atoms with Crippen molar-refractivity contribution in [2.24, 2.45) is 0 Å². The average molecular weight is 789 g/mol. The number of hydrogen-bond donors (Lipinski definition) is 0. The number of hydrogen-bond acceptors (Lipinski definition) is 4. The number of nitrogens with zero attached hydrogens (tertiary/aromatic N) is 4. The number of nitriles is 1. The lowest BCUT2D eigenvalue weighted by atomic mass is 9.84. The van der Waals surface area contributed by atoms with Gasteiger partial charge >= 0.3 is 0 Å². The van der Waals surface area contributed by atoms with E-state index in [9.17, 15) is 5.26 Å². The molecule has 1 aromatic heterocycles. The van der Waals surface area contributed by atoms with E-state index >= 15 is 0 Å². The van der Waals surface area contributed by atoms with Crippen LogP contribution in [0.4, 0.5) is 0 Å². The van der Waals surface area contributed by atoms with E-state index < -0.39 is 0 Å². The van der Waals surface area contributed by atoms with Gasteiger partial charge < -0.3 is 0 Å². The molecule has 0 aliphatic heterocycles. The van der Waals surface area contributed by atoms with Gasteiger partial charge in [-0.05, 0) is 95.0 Å². The van der Waals surface area contributed by atoms with Crippen molar-refractivity contribution in [2.45, 2.75) is 0 Å². The molecule has 10 aromatic carbocycles. The monoisotopic (exact) mass is 788 g/mol. The van der Waals surface area contributed by atoms with Crippen LogP contribution in [-0.4, -0.2) is 15.0 Å². The zero-order valence-electron chi connectivity index (χ0n) is 33.6. The average Bonchev–Trinajstić information content (AvgIpc) is 3.36. The van der Waals surface area contributed by atoms with Crippen LogP contribution < -0.4 is 0 Å². The fraction of sp³-hybridized carbons (Fsp3) is 0. The Kier molecular flexibility index (Phi) is 9.19. The second-order valence-corrected chi connectivity index (χ2v) is 15.5. The van der Waals surface area contributed by atoms with Gasteiger partial charge in [-0.2, -0.15) is 5.26 Å². The molecule has 0 spiro atoms. The minimum absolute atomic E-state index is 0.592. The first kappa shape index (κ1) is 36.6. The summed E-state index contributed by atoms with van der Waals surface area (Å²) in [5, 5.41) is 16.8. The molecule has 0 aliphatic rings. The highest BCUT2D eigenvalue weighted by Crippen LogP contribution is 2.46. The largest absolute Gasteiger partial charge is 0.208 e. The zero-order valence-corrected chi connectivity index (χ0v) is 33.6. The summed E-state index contributed by atoms with van der Waals surface area (Å²) in [6.07, 6.45) is 0. The number of fused-ring (bicyclic) bond motifs is 4. The summed E-state index contributed by atoms with van der Waals surface area (Å²) in [4.78, 5) is 15.0. The van der Waals surface area contributed by atoms with Gasteiger partial charge in [0.2, 0.25) is 0 Å². The Morgan fingerprint density at radius 2 is 0.726 bits per heavy atom. The van der Waals surface area contributed by atoms with Crippen LogP contribution in [-0.2, 0) is 0 Å². The lowest BCUT2D eigenvalue weighted by Gasteiger charge is -2.19. The van der Waals surface area contributed by atoms with Crippen molar-refractivity contribution in [3.63, 3.8) is 0 Å². The van der Waals surface area contributed by atoms with E-state index in [0.717, 1.165) is 38.9 Å². The molecule has 1 heterocycles. The SMILES string of the molecule is N#Cc1ccc(-c2cccc(-c3nc(-c4ccccc4)nc(-c4ccc(-c5ccc(-c6c7ccccc7c(-c7ccccc7)c7c6ccc6ccccc67)cc5)cc4)n3)c2)cc1. The summed E-state index contributed by atoms with van der Waals surface area (Å²) in [5.74, 6) is 1.80. The van der Waals surface area contributed by atoms with Crippen molar-refractivity contribution in [1.29, 1.82) is 5.26 Å². The summed E-state index contributed by atoms with van der Waals surface area (Å²) in [7, 11) is 0. The minimum atomic E-state index is 0.592. The number of rotatable bonds is 7. The van der Waals surface area contributed by atoms with Crippen molar-refractivity contribution in [3.05, 3.63) is 224 Å². The highest BCUT2D eigenvalue weighted by molar-refractivity contribution is 6.27. The van der Waals surface area contributed by atoms with Gasteiger partial charge in [-0.25, -0.2) is 15.0 Å². The highest BCUT2D eigenvalue weighted by atomic mass is 15.0. The molecule has 0 fully saturated rings. The molecule has 0 atom stereocenters. The Morgan fingerprint density at radius 1 is 0.290 bits per heavy atom. The van der Waals surface area contributed by atoms with Crippen LogP contribution in [0, 0.1) is 11.3 Å². The molecular formula is C58H36N4. The van der Waals surface area contributed by atoms with Crippen LogP contribution in [0.15, 0.2) is 218 Å². The van der Waals surface area contributed by atoms with E-state index in [1.165, 1.54) is 54.6 Å². The molecule has 11 aromatic rings. The third kappa shape index (κ3) is 6.65. The summed E-state index contributed by atoms with van der Waals surface area (Å²) >= 11 is 0. The van der Waals surface area contributed by atoms with Gasteiger partial charge in [0.05, 0.1) is 11.6 Å². The maximum Gasteiger partial charge on any atom is 0.164 e. The Labute approximate surface area is 359 Å². The van der Waals surface area contributed by atoms with Crippen molar-refractivity contribution >= 4 is 32.3 Å². The van der Waals surface area contributed by atoms with Crippen LogP contribution in [0.5, 0.6) is 0 Å². The molecule has 0 unspecified atom stereocenters. The smallest absolute Gasteiger partial charge is 0.164 e. The molecule has 0 radical (unpaired) electrons. The molecule has 288 valence electrons. The fourth-order valence-electron chi connectivity index (χ4n) is 8.73. The molecule has 0 saturated heterocycles. The van der Waals surface area contributed by atoms with E-state index in [1.54, 1.807) is 0 Å². The van der Waals surface area contributed by atoms with E-state index in [0.29, 0.717) is 23.0 Å². The van der Waals surface area contributed by atoms with Crippen molar-refractivity contribution in [3.8, 4) is 84.7 Å². The first-order valence-electron chi connectivity index (χ1n) is 20.7. The topological polar surface area (TPSA) is 62.5 Å². The zero-order chi connectivity index (χ0) is 41.4. The van der Waals surface area contributed by atoms with Crippen LogP contribution >= 0.6 is 0 Å². The van der Waals surface area contributed by atoms with E-state index in [-0.39, 0.29) is 0 Å². The second-order valence-electron chi connectivity index (χ2n) is 15.5. The first-order chi connectivity index (χ1) is 30.7.